The minimum atomic E-state index is 0.104. The van der Waals surface area contributed by atoms with Crippen LogP contribution in [0.25, 0.3) is 0 Å². The molecular formula is C18H32N2. The van der Waals surface area contributed by atoms with Gasteiger partial charge in [0.1, 0.15) is 0 Å². The third-order valence-electron chi connectivity index (χ3n) is 4.37. The first-order valence-electron chi connectivity index (χ1n) is 8.21. The number of hydrogen-bond donors (Lipinski definition) is 1. The topological polar surface area (TPSA) is 29.3 Å². The minimum Gasteiger partial charge on any atom is -0.323 e. The maximum absolute atomic E-state index is 6.57. The van der Waals surface area contributed by atoms with Crippen LogP contribution >= 0.6 is 0 Å². The molecule has 2 heteroatoms. The van der Waals surface area contributed by atoms with Crippen LogP contribution in [0.5, 0.6) is 0 Å². The zero-order chi connectivity index (χ0) is 15.0. The quantitative estimate of drug-likeness (QED) is 0.726. The Morgan fingerprint density at radius 1 is 1.05 bits per heavy atom. The minimum absolute atomic E-state index is 0.104. The summed E-state index contributed by atoms with van der Waals surface area (Å²) in [5, 5.41) is 0. The fourth-order valence-corrected chi connectivity index (χ4v) is 2.88. The van der Waals surface area contributed by atoms with Gasteiger partial charge in [-0.2, -0.15) is 0 Å². The van der Waals surface area contributed by atoms with E-state index in [4.69, 9.17) is 5.73 Å². The van der Waals surface area contributed by atoms with E-state index in [1.165, 1.54) is 24.8 Å². The lowest BCUT2D eigenvalue weighted by molar-refractivity contribution is 0.114. The fourth-order valence-electron chi connectivity index (χ4n) is 2.88. The highest BCUT2D eigenvalue weighted by molar-refractivity contribution is 5.20. The Bertz CT molecular complexity index is 350. The molecule has 0 spiro atoms. The van der Waals surface area contributed by atoms with E-state index in [2.05, 4.69) is 62.9 Å². The van der Waals surface area contributed by atoms with Crippen LogP contribution in [-0.2, 0) is 0 Å². The third-order valence-corrected chi connectivity index (χ3v) is 4.37. The standard InChI is InChI=1S/C18H32N2/c1-5-8-14-20(15(4)6-2)17(7-3)18(19)16-12-10-9-11-13-16/h9-13,15,17-18H,5-8,14,19H2,1-4H3. The van der Waals surface area contributed by atoms with Gasteiger partial charge in [-0.05, 0) is 38.3 Å². The Morgan fingerprint density at radius 3 is 2.20 bits per heavy atom. The molecule has 0 amide bonds. The second-order valence-corrected chi connectivity index (χ2v) is 5.76. The van der Waals surface area contributed by atoms with Gasteiger partial charge in [-0.3, -0.25) is 4.90 Å². The average Bonchev–Trinajstić information content (AvgIpc) is 2.51. The molecule has 114 valence electrons. The van der Waals surface area contributed by atoms with Gasteiger partial charge in [-0.25, -0.2) is 0 Å². The summed E-state index contributed by atoms with van der Waals surface area (Å²) >= 11 is 0. The van der Waals surface area contributed by atoms with E-state index in [0.717, 1.165) is 13.0 Å². The van der Waals surface area contributed by atoms with E-state index >= 15 is 0 Å². The Hall–Kier alpha value is -0.860. The summed E-state index contributed by atoms with van der Waals surface area (Å²) < 4.78 is 0. The van der Waals surface area contributed by atoms with Crippen LogP contribution in [0.1, 0.15) is 65.0 Å². The van der Waals surface area contributed by atoms with Crippen LogP contribution in [-0.4, -0.2) is 23.5 Å². The number of nitrogens with two attached hydrogens (primary N) is 1. The first-order chi connectivity index (χ1) is 9.65. The number of rotatable bonds is 9. The zero-order valence-electron chi connectivity index (χ0n) is 13.7. The van der Waals surface area contributed by atoms with E-state index < -0.39 is 0 Å². The molecule has 0 saturated carbocycles. The lowest BCUT2D eigenvalue weighted by Gasteiger charge is -2.39. The molecule has 20 heavy (non-hydrogen) atoms. The molecule has 0 fully saturated rings. The van der Waals surface area contributed by atoms with Crippen LogP contribution in [0.4, 0.5) is 0 Å². The van der Waals surface area contributed by atoms with Gasteiger partial charge in [0, 0.05) is 18.1 Å². The maximum Gasteiger partial charge on any atom is 0.0453 e. The van der Waals surface area contributed by atoms with E-state index in [9.17, 15) is 0 Å². The second kappa shape index (κ2) is 9.15. The highest BCUT2D eigenvalue weighted by Crippen LogP contribution is 2.24. The van der Waals surface area contributed by atoms with Gasteiger partial charge in [0.15, 0.2) is 0 Å². The normalized spacial score (nSPS) is 16.1. The summed E-state index contributed by atoms with van der Waals surface area (Å²) in [6.07, 6.45) is 4.78. The van der Waals surface area contributed by atoms with Crippen molar-refractivity contribution in [2.75, 3.05) is 6.54 Å². The van der Waals surface area contributed by atoms with Crippen LogP contribution in [0, 0.1) is 0 Å². The van der Waals surface area contributed by atoms with Gasteiger partial charge in [-0.15, -0.1) is 0 Å². The molecule has 0 aliphatic rings. The predicted octanol–water partition coefficient (Wildman–Crippen LogP) is 4.37. The average molecular weight is 276 g/mol. The van der Waals surface area contributed by atoms with E-state index in [1.54, 1.807) is 0 Å². The first kappa shape index (κ1) is 17.2. The van der Waals surface area contributed by atoms with Gasteiger partial charge in [0.25, 0.3) is 0 Å². The molecule has 0 saturated heterocycles. The van der Waals surface area contributed by atoms with Crippen molar-refractivity contribution in [3.05, 3.63) is 35.9 Å². The van der Waals surface area contributed by atoms with Crippen molar-refractivity contribution in [2.24, 2.45) is 5.73 Å². The Kier molecular flexibility index (Phi) is 7.86. The lowest BCUT2D eigenvalue weighted by atomic mass is 9.95. The smallest absolute Gasteiger partial charge is 0.0453 e. The molecule has 2 N–H and O–H groups in total. The molecule has 2 nitrogen and oxygen atoms in total. The molecule has 0 aliphatic heterocycles. The summed E-state index contributed by atoms with van der Waals surface area (Å²) in [4.78, 5) is 2.63. The van der Waals surface area contributed by atoms with Gasteiger partial charge >= 0.3 is 0 Å². The Labute approximate surface area is 125 Å². The van der Waals surface area contributed by atoms with Crippen LogP contribution in [0.3, 0.4) is 0 Å². The molecule has 0 heterocycles. The van der Waals surface area contributed by atoms with Crippen molar-refractivity contribution in [1.82, 2.24) is 4.90 Å². The van der Waals surface area contributed by atoms with Crippen LogP contribution in [0.2, 0.25) is 0 Å². The van der Waals surface area contributed by atoms with Gasteiger partial charge in [-0.1, -0.05) is 57.5 Å². The van der Waals surface area contributed by atoms with Crippen LogP contribution < -0.4 is 5.73 Å². The molecule has 1 aromatic carbocycles. The monoisotopic (exact) mass is 276 g/mol. The Morgan fingerprint density at radius 2 is 1.70 bits per heavy atom. The number of nitrogens with zero attached hydrogens (tertiary/aromatic N) is 1. The first-order valence-corrected chi connectivity index (χ1v) is 8.21. The molecule has 1 rings (SSSR count). The van der Waals surface area contributed by atoms with E-state index in [-0.39, 0.29) is 6.04 Å². The number of unbranched alkanes of at least 4 members (excludes halogenated alkanes) is 1. The van der Waals surface area contributed by atoms with Crippen molar-refractivity contribution >= 4 is 0 Å². The summed E-state index contributed by atoms with van der Waals surface area (Å²) in [6.45, 7) is 10.3. The summed E-state index contributed by atoms with van der Waals surface area (Å²) in [6, 6.07) is 11.7. The molecule has 0 bridgehead atoms. The summed E-state index contributed by atoms with van der Waals surface area (Å²) in [5.74, 6) is 0. The highest BCUT2D eigenvalue weighted by atomic mass is 15.2. The molecule has 0 aromatic heterocycles. The van der Waals surface area contributed by atoms with Crippen molar-refractivity contribution in [1.29, 1.82) is 0 Å². The SMILES string of the molecule is CCCCN(C(C)CC)C(CC)C(N)c1ccccc1. The van der Waals surface area contributed by atoms with E-state index in [0.29, 0.717) is 12.1 Å². The summed E-state index contributed by atoms with van der Waals surface area (Å²) in [5.41, 5.74) is 7.83. The number of benzene rings is 1. The van der Waals surface area contributed by atoms with E-state index in [1.807, 2.05) is 0 Å². The van der Waals surface area contributed by atoms with Gasteiger partial charge in [0.2, 0.25) is 0 Å². The molecule has 1 aromatic rings. The predicted molar refractivity (Wildman–Crippen MR) is 88.8 cm³/mol. The second-order valence-electron chi connectivity index (χ2n) is 5.76. The molecule has 3 atom stereocenters. The summed E-state index contributed by atoms with van der Waals surface area (Å²) in [7, 11) is 0. The van der Waals surface area contributed by atoms with Crippen molar-refractivity contribution in [2.45, 2.75) is 71.5 Å². The van der Waals surface area contributed by atoms with Gasteiger partial charge in [0.05, 0.1) is 0 Å². The molecule has 0 radical (unpaired) electrons. The van der Waals surface area contributed by atoms with Crippen LogP contribution in [0.15, 0.2) is 30.3 Å². The molecular weight excluding hydrogens is 244 g/mol. The molecule has 3 unspecified atom stereocenters. The van der Waals surface area contributed by atoms with Crippen molar-refractivity contribution in [3.8, 4) is 0 Å². The Balaban J connectivity index is 2.88. The number of hydrogen-bond acceptors (Lipinski definition) is 2. The molecule has 0 aliphatic carbocycles. The van der Waals surface area contributed by atoms with Crippen molar-refractivity contribution < 1.29 is 0 Å². The maximum atomic E-state index is 6.57. The third kappa shape index (κ3) is 4.60. The van der Waals surface area contributed by atoms with Crippen molar-refractivity contribution in [3.63, 3.8) is 0 Å². The zero-order valence-corrected chi connectivity index (χ0v) is 13.7. The van der Waals surface area contributed by atoms with Gasteiger partial charge < -0.3 is 5.73 Å². The lowest BCUT2D eigenvalue weighted by Crippen LogP contribution is -2.47. The largest absolute Gasteiger partial charge is 0.323 e. The highest BCUT2D eigenvalue weighted by Gasteiger charge is 2.26. The fraction of sp³-hybridized carbons (Fsp3) is 0.667.